The molecule has 1 fully saturated rings. The Kier molecular flexibility index (Phi) is 5.18. The minimum Gasteiger partial charge on any atom is -0.464 e. The molecule has 7 heteroatoms. The van der Waals surface area contributed by atoms with Crippen molar-refractivity contribution in [3.8, 4) is 0 Å². The molecular formula is C11H22NO4PS. The van der Waals surface area contributed by atoms with E-state index in [4.69, 9.17) is 26.0 Å². The van der Waals surface area contributed by atoms with Crippen molar-refractivity contribution >= 4 is 25.0 Å². The predicted octanol–water partition coefficient (Wildman–Crippen LogP) is 2.90. The van der Waals surface area contributed by atoms with E-state index in [0.717, 1.165) is 0 Å². The standard InChI is InChI=1S/C11H22NO4PS/c1-6-14-17(13,15-7-2)9-8(11(3,4)5)16-10(18)12-9/h8-9H,6-7H2,1-5H3,(H,12,18)/t8-,9+/m0/s1. The maximum absolute atomic E-state index is 12.8. The van der Waals surface area contributed by atoms with Gasteiger partial charge in [0, 0.05) is 5.41 Å². The highest BCUT2D eigenvalue weighted by Gasteiger charge is 2.51. The third-order valence-electron chi connectivity index (χ3n) is 2.60. The molecule has 18 heavy (non-hydrogen) atoms. The van der Waals surface area contributed by atoms with Gasteiger partial charge < -0.3 is 19.1 Å². The molecule has 0 aromatic heterocycles. The first-order valence-corrected chi connectivity index (χ1v) is 8.12. The summed E-state index contributed by atoms with van der Waals surface area (Å²) in [6, 6.07) is 0. The highest BCUT2D eigenvalue weighted by molar-refractivity contribution is 7.80. The molecule has 1 heterocycles. The molecule has 0 radical (unpaired) electrons. The summed E-state index contributed by atoms with van der Waals surface area (Å²) in [5, 5.41) is 3.17. The van der Waals surface area contributed by atoms with Gasteiger partial charge in [0.05, 0.1) is 13.2 Å². The topological polar surface area (TPSA) is 56.8 Å². The van der Waals surface area contributed by atoms with Crippen molar-refractivity contribution in [1.29, 1.82) is 0 Å². The minimum absolute atomic E-state index is 0.220. The van der Waals surface area contributed by atoms with E-state index in [2.05, 4.69) is 5.32 Å². The molecule has 0 aromatic carbocycles. The molecule has 0 aliphatic carbocycles. The average Bonchev–Trinajstić information content (AvgIpc) is 2.61. The van der Waals surface area contributed by atoms with Crippen molar-refractivity contribution in [3.63, 3.8) is 0 Å². The van der Waals surface area contributed by atoms with E-state index in [1.54, 1.807) is 13.8 Å². The second-order valence-electron chi connectivity index (χ2n) is 5.16. The van der Waals surface area contributed by atoms with Crippen molar-refractivity contribution in [2.24, 2.45) is 5.41 Å². The molecule has 5 nitrogen and oxygen atoms in total. The van der Waals surface area contributed by atoms with Crippen LogP contribution in [0.2, 0.25) is 0 Å². The minimum atomic E-state index is -3.28. The van der Waals surface area contributed by atoms with Gasteiger partial charge in [-0.15, -0.1) is 0 Å². The lowest BCUT2D eigenvalue weighted by Gasteiger charge is -2.32. The summed E-state index contributed by atoms with van der Waals surface area (Å²) in [6.07, 6.45) is -0.339. The lowest BCUT2D eigenvalue weighted by molar-refractivity contribution is 0.0882. The number of thiocarbonyl (C=S) groups is 1. The Morgan fingerprint density at radius 2 is 1.83 bits per heavy atom. The summed E-state index contributed by atoms with van der Waals surface area (Å²) in [5.74, 6) is -0.551. The first-order chi connectivity index (χ1) is 8.24. The Labute approximate surface area is 114 Å². The fourth-order valence-corrected chi connectivity index (χ4v) is 4.41. The zero-order valence-electron chi connectivity index (χ0n) is 11.6. The predicted molar refractivity (Wildman–Crippen MR) is 74.7 cm³/mol. The third-order valence-corrected chi connectivity index (χ3v) is 5.13. The molecule has 2 atom stereocenters. The van der Waals surface area contributed by atoms with E-state index < -0.39 is 13.4 Å². The Hall–Kier alpha value is -0.160. The van der Waals surface area contributed by atoms with Gasteiger partial charge in [0.15, 0.2) is 5.78 Å². The van der Waals surface area contributed by atoms with Crippen LogP contribution in [0.1, 0.15) is 34.6 Å². The van der Waals surface area contributed by atoms with Gasteiger partial charge in [-0.05, 0) is 26.1 Å². The molecule has 106 valence electrons. The van der Waals surface area contributed by atoms with Crippen LogP contribution in [0.25, 0.3) is 0 Å². The third kappa shape index (κ3) is 3.44. The summed E-state index contributed by atoms with van der Waals surface area (Å²) in [6.45, 7) is 10.2. The van der Waals surface area contributed by atoms with Crippen LogP contribution in [-0.2, 0) is 18.3 Å². The Bertz CT molecular complexity index is 345. The van der Waals surface area contributed by atoms with Crippen LogP contribution < -0.4 is 5.32 Å². The first kappa shape index (κ1) is 15.9. The first-order valence-electron chi connectivity index (χ1n) is 6.10. The number of ether oxygens (including phenoxy) is 1. The van der Waals surface area contributed by atoms with Gasteiger partial charge in [-0.25, -0.2) is 0 Å². The molecule has 0 spiro atoms. The summed E-state index contributed by atoms with van der Waals surface area (Å²) in [5.41, 5.74) is -0.220. The molecular weight excluding hydrogens is 273 g/mol. The fourth-order valence-electron chi connectivity index (χ4n) is 1.86. The number of hydrogen-bond donors (Lipinski definition) is 1. The van der Waals surface area contributed by atoms with Crippen molar-refractivity contribution in [2.45, 2.75) is 46.5 Å². The van der Waals surface area contributed by atoms with Crippen molar-refractivity contribution in [2.75, 3.05) is 13.2 Å². The van der Waals surface area contributed by atoms with Gasteiger partial charge in [-0.1, -0.05) is 20.8 Å². The van der Waals surface area contributed by atoms with E-state index in [9.17, 15) is 4.57 Å². The Morgan fingerprint density at radius 1 is 1.33 bits per heavy atom. The van der Waals surface area contributed by atoms with Crippen LogP contribution in [0.5, 0.6) is 0 Å². The van der Waals surface area contributed by atoms with Crippen molar-refractivity contribution in [1.82, 2.24) is 5.32 Å². The van der Waals surface area contributed by atoms with Gasteiger partial charge in [-0.3, -0.25) is 4.57 Å². The van der Waals surface area contributed by atoms with Crippen molar-refractivity contribution in [3.05, 3.63) is 0 Å². The molecule has 0 bridgehead atoms. The van der Waals surface area contributed by atoms with Gasteiger partial charge >= 0.3 is 7.60 Å². The van der Waals surface area contributed by atoms with Crippen LogP contribution in [-0.4, -0.2) is 30.3 Å². The molecule has 1 aliphatic rings. The lowest BCUT2D eigenvalue weighted by Crippen LogP contribution is -2.40. The Balaban J connectivity index is 3.02. The molecule has 0 aromatic rings. The van der Waals surface area contributed by atoms with E-state index in [1.807, 2.05) is 20.8 Å². The van der Waals surface area contributed by atoms with Gasteiger partial charge in [-0.2, -0.15) is 0 Å². The molecule has 0 amide bonds. The van der Waals surface area contributed by atoms with Crippen LogP contribution >= 0.6 is 19.8 Å². The van der Waals surface area contributed by atoms with E-state index in [1.165, 1.54) is 0 Å². The normalized spacial score (nSPS) is 24.8. The summed E-state index contributed by atoms with van der Waals surface area (Å²) < 4.78 is 29.1. The zero-order valence-corrected chi connectivity index (χ0v) is 13.3. The van der Waals surface area contributed by atoms with Gasteiger partial charge in [0.25, 0.3) is 5.17 Å². The monoisotopic (exact) mass is 295 g/mol. The molecule has 1 N–H and O–H groups in total. The highest BCUT2D eigenvalue weighted by atomic mass is 32.1. The molecule has 0 unspecified atom stereocenters. The second kappa shape index (κ2) is 5.87. The number of rotatable bonds is 5. The van der Waals surface area contributed by atoms with Crippen molar-refractivity contribution < 1.29 is 18.3 Å². The summed E-state index contributed by atoms with van der Waals surface area (Å²) >= 11 is 5.01. The zero-order chi connectivity index (χ0) is 14.0. The van der Waals surface area contributed by atoms with E-state index in [0.29, 0.717) is 13.2 Å². The maximum atomic E-state index is 12.8. The number of hydrogen-bond acceptors (Lipinski definition) is 5. The van der Waals surface area contributed by atoms with E-state index >= 15 is 0 Å². The maximum Gasteiger partial charge on any atom is 0.356 e. The molecule has 1 rings (SSSR count). The summed E-state index contributed by atoms with van der Waals surface area (Å²) in [4.78, 5) is 0. The quantitative estimate of drug-likeness (QED) is 0.621. The summed E-state index contributed by atoms with van der Waals surface area (Å²) in [7, 11) is -3.28. The molecule has 1 aliphatic heterocycles. The molecule has 0 saturated carbocycles. The average molecular weight is 295 g/mol. The van der Waals surface area contributed by atoms with Crippen LogP contribution in [0.15, 0.2) is 0 Å². The number of nitrogens with one attached hydrogen (secondary N) is 1. The van der Waals surface area contributed by atoms with Crippen LogP contribution in [0, 0.1) is 5.41 Å². The van der Waals surface area contributed by atoms with Gasteiger partial charge in [0.2, 0.25) is 0 Å². The smallest absolute Gasteiger partial charge is 0.356 e. The fraction of sp³-hybridized carbons (Fsp3) is 0.909. The largest absolute Gasteiger partial charge is 0.464 e. The highest BCUT2D eigenvalue weighted by Crippen LogP contribution is 2.56. The van der Waals surface area contributed by atoms with Gasteiger partial charge in [0.1, 0.15) is 6.10 Å². The lowest BCUT2D eigenvalue weighted by atomic mass is 9.89. The molecule has 1 saturated heterocycles. The Morgan fingerprint density at radius 3 is 2.22 bits per heavy atom. The van der Waals surface area contributed by atoms with E-state index in [-0.39, 0.29) is 16.7 Å². The SMILES string of the molecule is CCOP(=O)(OCC)[C@H]1NC(=S)O[C@@H]1C(C)(C)C. The van der Waals surface area contributed by atoms with Crippen LogP contribution in [0.4, 0.5) is 0 Å². The van der Waals surface area contributed by atoms with Crippen LogP contribution in [0.3, 0.4) is 0 Å². The second-order valence-corrected chi connectivity index (χ2v) is 7.68.